The molecule has 0 N–H and O–H groups in total. The Morgan fingerprint density at radius 2 is 0.475 bits per heavy atom. The lowest BCUT2D eigenvalue weighted by Gasteiger charge is -2.26. The molecule has 3 aliphatic heterocycles. The molecule has 0 aromatic heterocycles. The van der Waals surface area contributed by atoms with Crippen LogP contribution in [0.5, 0.6) is 0 Å². The quantitative estimate of drug-likeness (QED) is 0.139. The van der Waals surface area contributed by atoms with Gasteiger partial charge in [0.15, 0.2) is 0 Å². The van der Waals surface area contributed by atoms with E-state index in [0.717, 1.165) is 34.1 Å². The molecule has 12 aromatic carbocycles. The zero-order valence-electron chi connectivity index (χ0n) is 43.1. The smallest absolute Gasteiger partial charge is 0.0467 e. The van der Waals surface area contributed by atoms with Crippen LogP contribution in [0.15, 0.2) is 350 Å². The van der Waals surface area contributed by atoms with Crippen LogP contribution in [0.2, 0.25) is 0 Å². The first-order chi connectivity index (χ1) is 39.6. The lowest BCUT2D eigenvalue weighted by molar-refractivity contribution is 1.16. The third-order valence-corrected chi connectivity index (χ3v) is 21.9. The molecule has 15 rings (SSSR count). The molecule has 0 bridgehead atoms. The van der Waals surface area contributed by atoms with Crippen molar-refractivity contribution in [2.24, 2.45) is 0 Å². The van der Waals surface area contributed by atoms with Crippen molar-refractivity contribution in [2.75, 3.05) is 9.80 Å². The van der Waals surface area contributed by atoms with Gasteiger partial charge in [-0.15, -0.1) is 0 Å². The van der Waals surface area contributed by atoms with Gasteiger partial charge in [-0.05, 0) is 167 Å². The van der Waals surface area contributed by atoms with Gasteiger partial charge < -0.3 is 9.80 Å². The Hall–Kier alpha value is -7.66. The molecular formula is C72H48N2S6. The molecule has 12 aromatic rings. The van der Waals surface area contributed by atoms with E-state index in [-0.39, 0.29) is 0 Å². The van der Waals surface area contributed by atoms with Gasteiger partial charge in [-0.2, -0.15) is 0 Å². The highest BCUT2D eigenvalue weighted by Gasteiger charge is 2.24. The number of para-hydroxylation sites is 3. The van der Waals surface area contributed by atoms with E-state index in [4.69, 9.17) is 0 Å². The number of anilines is 6. The fourth-order valence-corrected chi connectivity index (χ4v) is 17.3. The van der Waals surface area contributed by atoms with Gasteiger partial charge >= 0.3 is 0 Å². The average Bonchev–Trinajstić information content (AvgIpc) is 3.53. The first-order valence-corrected chi connectivity index (χ1v) is 31.3. The molecule has 0 saturated heterocycles. The van der Waals surface area contributed by atoms with Gasteiger partial charge in [0, 0.05) is 92.9 Å². The molecule has 0 spiro atoms. The molecule has 0 fully saturated rings. The molecule has 2 nitrogen and oxygen atoms in total. The predicted molar refractivity (Wildman–Crippen MR) is 343 cm³/mol. The van der Waals surface area contributed by atoms with Crippen LogP contribution in [0.1, 0.15) is 0 Å². The summed E-state index contributed by atoms with van der Waals surface area (Å²) in [6.45, 7) is 0. The predicted octanol–water partition coefficient (Wildman–Crippen LogP) is 23.2. The van der Waals surface area contributed by atoms with Crippen LogP contribution in [0, 0.1) is 0 Å². The third kappa shape index (κ3) is 10.4. The Morgan fingerprint density at radius 1 is 0.175 bits per heavy atom. The number of benzene rings is 12. The second-order valence-corrected chi connectivity index (χ2v) is 25.6. The SMILES string of the molecule is c1ccc(N(c2ccc(-c3cccc4c3Sc3ccccc3S4)cc2)c2ccc(-c3cccc4c3Sc3ccccc3S4)cc2)cc1.c1ccc(N(c2ccccc2)c2cccc(-c3ccc4c(c3)Sc3ccccc3S4)c2)cc1. The van der Waals surface area contributed by atoms with E-state index in [1.165, 1.54) is 92.1 Å². The topological polar surface area (TPSA) is 6.48 Å². The van der Waals surface area contributed by atoms with Crippen molar-refractivity contribution in [3.05, 3.63) is 291 Å². The van der Waals surface area contributed by atoms with Crippen LogP contribution >= 0.6 is 70.6 Å². The van der Waals surface area contributed by atoms with Gasteiger partial charge in [0.1, 0.15) is 0 Å². The highest BCUT2D eigenvalue weighted by molar-refractivity contribution is 8.06. The number of nitrogens with zero attached hydrogens (tertiary/aromatic N) is 2. The Bertz CT molecular complexity index is 4010. The molecule has 0 aliphatic carbocycles. The second kappa shape index (κ2) is 22.8. The highest BCUT2D eigenvalue weighted by atomic mass is 32.2. The van der Waals surface area contributed by atoms with Crippen molar-refractivity contribution in [3.8, 4) is 33.4 Å². The lowest BCUT2D eigenvalue weighted by Crippen LogP contribution is -2.09. The molecule has 0 radical (unpaired) electrons. The standard InChI is InChI=1S/C42H27NS4.C30H21NS2/c1-2-10-30(11-3-1)43(31-24-20-28(21-25-31)33-12-8-18-39-41(33)46-37-16-6-4-14-35(37)44-39)32-26-22-29(23-27-32)34-13-9-19-40-42(34)47-38-17-7-5-15-36(38)45-40;1-3-11-24(12-4-1)31(25-13-5-2-6-14-25)26-15-9-10-22(20-26)23-18-19-29-30(21-23)33-28-17-8-7-16-27(28)32-29/h1-27H;1-21H. The van der Waals surface area contributed by atoms with E-state index in [0.29, 0.717) is 0 Å². The Labute approximate surface area is 493 Å². The summed E-state index contributed by atoms with van der Waals surface area (Å²) in [7, 11) is 0. The summed E-state index contributed by atoms with van der Waals surface area (Å²) >= 11 is 11.2. The summed E-state index contributed by atoms with van der Waals surface area (Å²) in [5.74, 6) is 0. The van der Waals surface area contributed by atoms with Crippen LogP contribution in [0.4, 0.5) is 34.1 Å². The molecule has 80 heavy (non-hydrogen) atoms. The molecule has 0 unspecified atom stereocenters. The van der Waals surface area contributed by atoms with Gasteiger partial charge in [0.05, 0.1) is 0 Å². The molecule has 8 heteroatoms. The first kappa shape index (κ1) is 50.6. The lowest BCUT2D eigenvalue weighted by atomic mass is 10.0. The maximum atomic E-state index is 2.34. The minimum absolute atomic E-state index is 1.13. The summed E-state index contributed by atoms with van der Waals surface area (Å²) in [6, 6.07) is 105. The van der Waals surface area contributed by atoms with Crippen LogP contribution in [-0.2, 0) is 0 Å². The van der Waals surface area contributed by atoms with Gasteiger partial charge in [0.25, 0.3) is 0 Å². The summed E-state index contributed by atoms with van der Waals surface area (Å²) in [6.07, 6.45) is 0. The molecule has 0 atom stereocenters. The molecule has 3 heterocycles. The normalized spacial score (nSPS) is 12.4. The van der Waals surface area contributed by atoms with E-state index in [9.17, 15) is 0 Å². The molecular weight excluding hydrogens is 1090 g/mol. The van der Waals surface area contributed by atoms with Crippen molar-refractivity contribution in [1.29, 1.82) is 0 Å². The van der Waals surface area contributed by atoms with Gasteiger partial charge in [-0.25, -0.2) is 0 Å². The monoisotopic (exact) mass is 1130 g/mol. The Balaban J connectivity index is 0.000000153. The number of hydrogen-bond donors (Lipinski definition) is 0. The molecule has 0 saturated carbocycles. The van der Waals surface area contributed by atoms with Crippen LogP contribution in [0.25, 0.3) is 33.4 Å². The summed E-state index contributed by atoms with van der Waals surface area (Å²) < 4.78 is 0. The van der Waals surface area contributed by atoms with Crippen LogP contribution in [0.3, 0.4) is 0 Å². The van der Waals surface area contributed by atoms with E-state index < -0.39 is 0 Å². The number of hydrogen-bond acceptors (Lipinski definition) is 8. The molecule has 3 aliphatic rings. The zero-order valence-corrected chi connectivity index (χ0v) is 48.0. The Kier molecular flexibility index (Phi) is 14.4. The minimum Gasteiger partial charge on any atom is -0.311 e. The maximum absolute atomic E-state index is 2.34. The summed E-state index contributed by atoms with van der Waals surface area (Å²) in [5, 5.41) is 0. The fraction of sp³-hybridized carbons (Fsp3) is 0. The second-order valence-electron chi connectivity index (χ2n) is 19.2. The van der Waals surface area contributed by atoms with Crippen molar-refractivity contribution >= 4 is 105 Å². The maximum Gasteiger partial charge on any atom is 0.0467 e. The minimum atomic E-state index is 1.13. The van der Waals surface area contributed by atoms with E-state index in [2.05, 4.69) is 301 Å². The first-order valence-electron chi connectivity index (χ1n) is 26.4. The summed E-state index contributed by atoms with van der Waals surface area (Å²) in [5.41, 5.74) is 14.3. The number of rotatable bonds is 9. The Morgan fingerprint density at radius 3 is 0.925 bits per heavy atom. The van der Waals surface area contributed by atoms with Crippen molar-refractivity contribution in [1.82, 2.24) is 0 Å². The van der Waals surface area contributed by atoms with Gasteiger partial charge in [-0.3, -0.25) is 0 Å². The van der Waals surface area contributed by atoms with Crippen LogP contribution < -0.4 is 9.80 Å². The molecule has 382 valence electrons. The van der Waals surface area contributed by atoms with E-state index in [1.807, 2.05) is 70.6 Å². The fourth-order valence-electron chi connectivity index (χ4n) is 10.3. The molecule has 0 amide bonds. The van der Waals surface area contributed by atoms with Gasteiger partial charge in [0.2, 0.25) is 0 Å². The highest BCUT2D eigenvalue weighted by Crippen LogP contribution is 2.54. The van der Waals surface area contributed by atoms with Crippen molar-refractivity contribution in [3.63, 3.8) is 0 Å². The van der Waals surface area contributed by atoms with Gasteiger partial charge in [-0.1, -0.05) is 228 Å². The largest absolute Gasteiger partial charge is 0.311 e. The summed E-state index contributed by atoms with van der Waals surface area (Å²) in [4.78, 5) is 20.6. The van der Waals surface area contributed by atoms with E-state index in [1.54, 1.807) is 0 Å². The van der Waals surface area contributed by atoms with Crippen LogP contribution in [-0.4, -0.2) is 0 Å². The third-order valence-electron chi connectivity index (χ3n) is 14.1. The van der Waals surface area contributed by atoms with Crippen molar-refractivity contribution < 1.29 is 0 Å². The number of fused-ring (bicyclic) bond motifs is 6. The zero-order chi connectivity index (χ0) is 53.2. The van der Waals surface area contributed by atoms with Crippen molar-refractivity contribution in [2.45, 2.75) is 58.7 Å². The average molecular weight is 1130 g/mol. The van der Waals surface area contributed by atoms with E-state index >= 15 is 0 Å².